The molecule has 0 aromatic carbocycles. The zero-order valence-electron chi connectivity index (χ0n) is 9.58. The summed E-state index contributed by atoms with van der Waals surface area (Å²) in [6.45, 7) is 2.20. The summed E-state index contributed by atoms with van der Waals surface area (Å²) in [6, 6.07) is 5.20. The van der Waals surface area contributed by atoms with Crippen molar-refractivity contribution in [1.29, 1.82) is 0 Å². The molecule has 0 N–H and O–H groups in total. The van der Waals surface area contributed by atoms with Crippen molar-refractivity contribution in [3.63, 3.8) is 0 Å². The topological polar surface area (TPSA) is 50.5 Å². The molecule has 4 nitrogen and oxygen atoms in total. The maximum Gasteiger partial charge on any atom is 0.252 e. The van der Waals surface area contributed by atoms with Crippen LogP contribution in [0.5, 0.6) is 0 Å². The summed E-state index contributed by atoms with van der Waals surface area (Å²) in [7, 11) is -1.82. The highest BCUT2D eigenvalue weighted by atomic mass is 32.2. The molecule has 0 fully saturated rings. The molecule has 2 aromatic rings. The van der Waals surface area contributed by atoms with Crippen LogP contribution >= 0.6 is 11.3 Å². The first-order valence-corrected chi connectivity index (χ1v) is 7.29. The Morgan fingerprint density at radius 3 is 2.65 bits per heavy atom. The van der Waals surface area contributed by atoms with E-state index in [2.05, 4.69) is 0 Å². The van der Waals surface area contributed by atoms with E-state index in [1.807, 2.05) is 13.0 Å². The van der Waals surface area contributed by atoms with Crippen molar-refractivity contribution in [3.8, 4) is 0 Å². The van der Waals surface area contributed by atoms with Crippen molar-refractivity contribution in [2.75, 3.05) is 7.05 Å². The van der Waals surface area contributed by atoms with E-state index >= 15 is 0 Å². The summed E-state index contributed by atoms with van der Waals surface area (Å²) in [4.78, 5) is 0.986. The standard InChI is InChI=1S/C11H13NO3S2/c1-9-3-4-11(16-9)17(13,14)12(2)7-10-5-6-15-8-10/h3-6,8H,7H2,1-2H3. The fourth-order valence-corrected chi connectivity index (χ4v) is 4.08. The average molecular weight is 271 g/mol. The molecule has 0 unspecified atom stereocenters. The highest BCUT2D eigenvalue weighted by Gasteiger charge is 2.22. The lowest BCUT2D eigenvalue weighted by molar-refractivity contribution is 0.465. The van der Waals surface area contributed by atoms with Crippen LogP contribution in [0.1, 0.15) is 10.4 Å². The summed E-state index contributed by atoms with van der Waals surface area (Å²) in [6.07, 6.45) is 3.08. The van der Waals surface area contributed by atoms with Crippen LogP contribution in [0.15, 0.2) is 39.4 Å². The second-order valence-corrected chi connectivity index (χ2v) is 7.32. The number of sulfonamides is 1. The molecule has 0 aliphatic heterocycles. The van der Waals surface area contributed by atoms with E-state index in [1.165, 1.54) is 21.9 Å². The summed E-state index contributed by atoms with van der Waals surface area (Å²) >= 11 is 1.28. The zero-order valence-corrected chi connectivity index (χ0v) is 11.2. The van der Waals surface area contributed by atoms with Crippen LogP contribution in [0, 0.1) is 6.92 Å². The maximum absolute atomic E-state index is 12.2. The lowest BCUT2D eigenvalue weighted by Gasteiger charge is -2.14. The minimum absolute atomic E-state index is 0.315. The molecule has 92 valence electrons. The quantitative estimate of drug-likeness (QED) is 0.858. The van der Waals surface area contributed by atoms with Gasteiger partial charge in [-0.1, -0.05) is 0 Å². The third-order valence-corrected chi connectivity index (χ3v) is 5.64. The fraction of sp³-hybridized carbons (Fsp3) is 0.273. The molecule has 17 heavy (non-hydrogen) atoms. The lowest BCUT2D eigenvalue weighted by Crippen LogP contribution is -2.25. The van der Waals surface area contributed by atoms with Crippen LogP contribution in [-0.2, 0) is 16.6 Å². The Balaban J connectivity index is 2.21. The Morgan fingerprint density at radius 1 is 1.35 bits per heavy atom. The Labute approximate surface area is 105 Å². The van der Waals surface area contributed by atoms with Crippen molar-refractivity contribution in [3.05, 3.63) is 41.2 Å². The summed E-state index contributed by atoms with van der Waals surface area (Å²) in [5, 5.41) is 0. The molecule has 6 heteroatoms. The van der Waals surface area contributed by atoms with Crippen LogP contribution in [0.2, 0.25) is 0 Å². The largest absolute Gasteiger partial charge is 0.472 e. The first-order chi connectivity index (χ1) is 8.00. The van der Waals surface area contributed by atoms with Gasteiger partial charge in [0, 0.05) is 24.0 Å². The number of furan rings is 1. The SMILES string of the molecule is Cc1ccc(S(=O)(=O)N(C)Cc2ccoc2)s1. The number of thiophene rings is 1. The molecule has 0 amide bonds. The second-order valence-electron chi connectivity index (χ2n) is 3.76. The monoisotopic (exact) mass is 271 g/mol. The van der Waals surface area contributed by atoms with Gasteiger partial charge in [-0.25, -0.2) is 8.42 Å². The van der Waals surface area contributed by atoms with Crippen molar-refractivity contribution >= 4 is 21.4 Å². The minimum Gasteiger partial charge on any atom is -0.472 e. The molecule has 0 saturated carbocycles. The molecule has 0 aliphatic rings. The van der Waals surface area contributed by atoms with Crippen molar-refractivity contribution < 1.29 is 12.8 Å². The van der Waals surface area contributed by atoms with Gasteiger partial charge in [0.05, 0.1) is 12.5 Å². The lowest BCUT2D eigenvalue weighted by atomic mass is 10.3. The van der Waals surface area contributed by atoms with Gasteiger partial charge in [-0.3, -0.25) is 0 Å². The second kappa shape index (κ2) is 4.64. The van der Waals surface area contributed by atoms with E-state index in [9.17, 15) is 8.42 Å². The Hall–Kier alpha value is -1.11. The Morgan fingerprint density at radius 2 is 2.12 bits per heavy atom. The smallest absolute Gasteiger partial charge is 0.252 e. The van der Waals surface area contributed by atoms with Gasteiger partial charge in [0.25, 0.3) is 10.0 Å². The molecule has 2 rings (SSSR count). The van der Waals surface area contributed by atoms with E-state index in [1.54, 1.807) is 25.4 Å². The van der Waals surface area contributed by atoms with Gasteiger partial charge < -0.3 is 4.42 Å². The van der Waals surface area contributed by atoms with E-state index in [-0.39, 0.29) is 0 Å². The normalized spacial score (nSPS) is 12.2. The Kier molecular flexibility index (Phi) is 3.37. The van der Waals surface area contributed by atoms with Gasteiger partial charge >= 0.3 is 0 Å². The third-order valence-electron chi connectivity index (χ3n) is 2.37. The minimum atomic E-state index is -3.38. The van der Waals surface area contributed by atoms with Crippen molar-refractivity contribution in [1.82, 2.24) is 4.31 Å². The summed E-state index contributed by atoms with van der Waals surface area (Å²) in [5.74, 6) is 0. The molecule has 0 aliphatic carbocycles. The molecule has 0 radical (unpaired) electrons. The van der Waals surface area contributed by atoms with Gasteiger partial charge in [-0.2, -0.15) is 4.31 Å². The highest BCUT2D eigenvalue weighted by Crippen LogP contribution is 2.24. The number of aryl methyl sites for hydroxylation is 1. The van der Waals surface area contributed by atoms with Crippen LogP contribution in [0.4, 0.5) is 0 Å². The van der Waals surface area contributed by atoms with Gasteiger partial charge in [-0.15, -0.1) is 11.3 Å². The molecule has 0 spiro atoms. The van der Waals surface area contributed by atoms with Crippen LogP contribution in [0.3, 0.4) is 0 Å². The first kappa shape index (κ1) is 12.3. The number of rotatable bonds is 4. The number of hydrogen-bond donors (Lipinski definition) is 0. The fourth-order valence-electron chi connectivity index (χ4n) is 1.43. The van der Waals surface area contributed by atoms with E-state index in [4.69, 9.17) is 4.42 Å². The maximum atomic E-state index is 12.2. The van der Waals surface area contributed by atoms with Crippen LogP contribution in [-0.4, -0.2) is 19.8 Å². The Bertz CT molecular complexity index is 584. The molecule has 0 atom stereocenters. The summed E-state index contributed by atoms with van der Waals surface area (Å²) < 4.78 is 31.0. The molecular formula is C11H13NO3S2. The van der Waals surface area contributed by atoms with E-state index < -0.39 is 10.0 Å². The molecule has 2 heterocycles. The average Bonchev–Trinajstić information content (AvgIpc) is 2.89. The molecule has 2 aromatic heterocycles. The van der Waals surface area contributed by atoms with Gasteiger partial charge in [0.2, 0.25) is 0 Å². The third kappa shape index (κ3) is 2.59. The van der Waals surface area contributed by atoms with Gasteiger partial charge in [0.15, 0.2) is 0 Å². The number of hydrogen-bond acceptors (Lipinski definition) is 4. The molecule has 0 saturated heterocycles. The van der Waals surface area contributed by atoms with Crippen molar-refractivity contribution in [2.45, 2.75) is 17.7 Å². The van der Waals surface area contributed by atoms with Gasteiger partial charge in [0.1, 0.15) is 4.21 Å². The molecule has 0 bridgehead atoms. The van der Waals surface area contributed by atoms with E-state index in [0.717, 1.165) is 10.4 Å². The van der Waals surface area contributed by atoms with E-state index in [0.29, 0.717) is 10.8 Å². The zero-order chi connectivity index (χ0) is 12.5. The van der Waals surface area contributed by atoms with Crippen LogP contribution < -0.4 is 0 Å². The molecular weight excluding hydrogens is 258 g/mol. The first-order valence-electron chi connectivity index (χ1n) is 5.04. The van der Waals surface area contributed by atoms with Crippen LogP contribution in [0.25, 0.3) is 0 Å². The van der Waals surface area contributed by atoms with Crippen molar-refractivity contribution in [2.24, 2.45) is 0 Å². The predicted octanol–water partition coefficient (Wildman–Crippen LogP) is 2.47. The summed E-state index contributed by atoms with van der Waals surface area (Å²) in [5.41, 5.74) is 0.837. The highest BCUT2D eigenvalue weighted by molar-refractivity contribution is 7.91. The predicted molar refractivity (Wildman–Crippen MR) is 66.4 cm³/mol. The number of nitrogens with zero attached hydrogens (tertiary/aromatic N) is 1. The van der Waals surface area contributed by atoms with Gasteiger partial charge in [-0.05, 0) is 25.1 Å².